The molecule has 0 radical (unpaired) electrons. The van der Waals surface area contributed by atoms with Gasteiger partial charge in [0.15, 0.2) is 0 Å². The van der Waals surface area contributed by atoms with Crippen molar-refractivity contribution in [2.75, 3.05) is 0 Å². The Morgan fingerprint density at radius 2 is 1.73 bits per heavy atom. The predicted molar refractivity (Wildman–Crippen MR) is 96.7 cm³/mol. The van der Waals surface area contributed by atoms with Gasteiger partial charge in [-0.1, -0.05) is 43.6 Å². The monoisotopic (exact) mass is 318 g/mol. The summed E-state index contributed by atoms with van der Waals surface area (Å²) >= 11 is 6.30. The maximum Gasteiger partial charge on any atom is 0.0891 e. The molecule has 0 bridgehead atoms. The minimum Gasteiger partial charge on any atom is -0.306 e. The molecule has 0 spiro atoms. The quantitative estimate of drug-likeness (QED) is 0.800. The molecule has 0 aliphatic carbocycles. The third-order valence-corrected chi connectivity index (χ3v) is 4.55. The van der Waals surface area contributed by atoms with Crippen molar-refractivity contribution < 1.29 is 0 Å². The number of pyridine rings is 1. The topological polar surface area (TPSA) is 24.9 Å². The summed E-state index contributed by atoms with van der Waals surface area (Å²) in [5, 5.41) is 5.63. The number of aromatic nitrogens is 1. The summed E-state index contributed by atoms with van der Waals surface area (Å²) in [5.41, 5.74) is 2.15. The lowest BCUT2D eigenvalue weighted by atomic mass is 9.84. The summed E-state index contributed by atoms with van der Waals surface area (Å²) in [6.45, 7) is 11.2. The van der Waals surface area contributed by atoms with Gasteiger partial charge in [0.2, 0.25) is 0 Å². The van der Waals surface area contributed by atoms with Gasteiger partial charge in [0.1, 0.15) is 0 Å². The first-order valence-corrected chi connectivity index (χ1v) is 8.50. The first kappa shape index (κ1) is 17.2. The standard InChI is InChI=1S/C19H27ClN2/c1-6-19(7-2,22-18(3,4)5)13-15-12-11-14-9-8-10-16(20)17(14)21-15/h8-12,22H,6-7,13H2,1-5H3. The van der Waals surface area contributed by atoms with Gasteiger partial charge < -0.3 is 5.32 Å². The molecule has 2 nitrogen and oxygen atoms in total. The van der Waals surface area contributed by atoms with Crippen LogP contribution < -0.4 is 5.32 Å². The molecule has 120 valence electrons. The number of benzene rings is 1. The fraction of sp³-hybridized carbons (Fsp3) is 0.526. The van der Waals surface area contributed by atoms with Gasteiger partial charge in [0.25, 0.3) is 0 Å². The maximum absolute atomic E-state index is 6.30. The Balaban J connectivity index is 2.36. The molecular weight excluding hydrogens is 292 g/mol. The molecular formula is C19H27ClN2. The zero-order valence-electron chi connectivity index (χ0n) is 14.3. The number of hydrogen-bond donors (Lipinski definition) is 1. The van der Waals surface area contributed by atoms with Crippen LogP contribution in [0.1, 0.15) is 53.2 Å². The highest BCUT2D eigenvalue weighted by atomic mass is 35.5. The fourth-order valence-electron chi connectivity index (χ4n) is 3.11. The highest BCUT2D eigenvalue weighted by molar-refractivity contribution is 6.35. The molecule has 1 aromatic carbocycles. The van der Waals surface area contributed by atoms with E-state index in [0.717, 1.165) is 40.9 Å². The lowest BCUT2D eigenvalue weighted by Gasteiger charge is -2.39. The number of fused-ring (bicyclic) bond motifs is 1. The minimum absolute atomic E-state index is 0.0696. The van der Waals surface area contributed by atoms with E-state index in [1.165, 1.54) is 0 Å². The minimum atomic E-state index is 0.0696. The lowest BCUT2D eigenvalue weighted by Crippen LogP contribution is -2.54. The Morgan fingerprint density at radius 1 is 1.05 bits per heavy atom. The van der Waals surface area contributed by atoms with Crippen molar-refractivity contribution in [1.29, 1.82) is 0 Å². The number of halogens is 1. The molecule has 2 aromatic rings. The van der Waals surface area contributed by atoms with Gasteiger partial charge in [0, 0.05) is 28.6 Å². The van der Waals surface area contributed by atoms with Gasteiger partial charge in [0.05, 0.1) is 10.5 Å². The summed E-state index contributed by atoms with van der Waals surface area (Å²) in [5.74, 6) is 0. The second-order valence-corrected chi connectivity index (χ2v) is 7.56. The first-order chi connectivity index (χ1) is 10.3. The van der Waals surface area contributed by atoms with Crippen LogP contribution in [-0.2, 0) is 6.42 Å². The molecule has 3 heteroatoms. The van der Waals surface area contributed by atoms with Crippen molar-refractivity contribution in [2.45, 2.75) is 65.0 Å². The molecule has 22 heavy (non-hydrogen) atoms. The zero-order chi connectivity index (χ0) is 16.4. The lowest BCUT2D eigenvalue weighted by molar-refractivity contribution is 0.223. The molecule has 0 fully saturated rings. The van der Waals surface area contributed by atoms with E-state index in [1.54, 1.807) is 0 Å². The fourth-order valence-corrected chi connectivity index (χ4v) is 3.34. The highest BCUT2D eigenvalue weighted by Gasteiger charge is 2.31. The SMILES string of the molecule is CCC(CC)(Cc1ccc2cccc(Cl)c2n1)NC(C)(C)C. The third-order valence-electron chi connectivity index (χ3n) is 4.24. The Kier molecular flexibility index (Phi) is 5.14. The molecule has 0 unspecified atom stereocenters. The molecule has 2 rings (SSSR count). The van der Waals surface area contributed by atoms with Crippen molar-refractivity contribution in [1.82, 2.24) is 10.3 Å². The Labute approximate surface area is 139 Å². The smallest absolute Gasteiger partial charge is 0.0891 e. The van der Waals surface area contributed by atoms with Crippen LogP contribution in [0.25, 0.3) is 10.9 Å². The summed E-state index contributed by atoms with van der Waals surface area (Å²) in [6.07, 6.45) is 3.06. The van der Waals surface area contributed by atoms with Crippen LogP contribution in [0, 0.1) is 0 Å². The van der Waals surface area contributed by atoms with E-state index < -0.39 is 0 Å². The number of nitrogens with one attached hydrogen (secondary N) is 1. The molecule has 0 saturated heterocycles. The Hall–Kier alpha value is -1.12. The van der Waals surface area contributed by atoms with Gasteiger partial charge in [-0.3, -0.25) is 4.98 Å². The molecule has 1 heterocycles. The Morgan fingerprint density at radius 3 is 2.32 bits per heavy atom. The summed E-state index contributed by atoms with van der Waals surface area (Å²) < 4.78 is 0. The number of rotatable bonds is 5. The van der Waals surface area contributed by atoms with E-state index in [9.17, 15) is 0 Å². The average Bonchev–Trinajstić information content (AvgIpc) is 2.46. The van der Waals surface area contributed by atoms with Crippen LogP contribution in [0.2, 0.25) is 5.02 Å². The van der Waals surface area contributed by atoms with Crippen LogP contribution in [0.15, 0.2) is 30.3 Å². The molecule has 0 aliphatic rings. The van der Waals surface area contributed by atoms with Gasteiger partial charge in [-0.2, -0.15) is 0 Å². The van der Waals surface area contributed by atoms with Crippen molar-refractivity contribution in [3.8, 4) is 0 Å². The van der Waals surface area contributed by atoms with Gasteiger partial charge in [-0.25, -0.2) is 0 Å². The average molecular weight is 319 g/mol. The van der Waals surface area contributed by atoms with Crippen LogP contribution in [0.4, 0.5) is 0 Å². The molecule has 0 saturated carbocycles. The number of nitrogens with zero attached hydrogens (tertiary/aromatic N) is 1. The second kappa shape index (κ2) is 6.55. The second-order valence-electron chi connectivity index (χ2n) is 7.15. The van der Waals surface area contributed by atoms with Crippen molar-refractivity contribution in [3.05, 3.63) is 41.0 Å². The van der Waals surface area contributed by atoms with Crippen molar-refractivity contribution >= 4 is 22.5 Å². The van der Waals surface area contributed by atoms with Gasteiger partial charge >= 0.3 is 0 Å². The molecule has 0 amide bonds. The first-order valence-electron chi connectivity index (χ1n) is 8.12. The van der Waals surface area contributed by atoms with Crippen molar-refractivity contribution in [2.24, 2.45) is 0 Å². The van der Waals surface area contributed by atoms with Crippen LogP contribution in [0.5, 0.6) is 0 Å². The van der Waals surface area contributed by atoms with E-state index in [4.69, 9.17) is 16.6 Å². The summed E-state index contributed by atoms with van der Waals surface area (Å²) in [7, 11) is 0. The van der Waals surface area contributed by atoms with Gasteiger partial charge in [-0.05, 0) is 45.7 Å². The number of para-hydroxylation sites is 1. The molecule has 1 aromatic heterocycles. The normalized spacial score (nSPS) is 12.8. The summed E-state index contributed by atoms with van der Waals surface area (Å²) in [4.78, 5) is 4.81. The predicted octanol–water partition coefficient (Wildman–Crippen LogP) is 5.38. The van der Waals surface area contributed by atoms with E-state index in [2.05, 4.69) is 58.1 Å². The largest absolute Gasteiger partial charge is 0.306 e. The van der Waals surface area contributed by atoms with E-state index in [0.29, 0.717) is 0 Å². The van der Waals surface area contributed by atoms with Crippen LogP contribution in [0.3, 0.4) is 0 Å². The van der Waals surface area contributed by atoms with Crippen molar-refractivity contribution in [3.63, 3.8) is 0 Å². The maximum atomic E-state index is 6.30. The van der Waals surface area contributed by atoms with Crippen LogP contribution in [-0.4, -0.2) is 16.1 Å². The molecule has 1 N–H and O–H groups in total. The van der Waals surface area contributed by atoms with E-state index >= 15 is 0 Å². The zero-order valence-corrected chi connectivity index (χ0v) is 15.1. The molecule has 0 aliphatic heterocycles. The number of hydrogen-bond acceptors (Lipinski definition) is 2. The highest BCUT2D eigenvalue weighted by Crippen LogP contribution is 2.26. The molecule has 0 atom stereocenters. The van der Waals surface area contributed by atoms with E-state index in [1.807, 2.05) is 12.1 Å². The van der Waals surface area contributed by atoms with Gasteiger partial charge in [-0.15, -0.1) is 0 Å². The Bertz CT molecular complexity index is 639. The third kappa shape index (κ3) is 3.99. The summed E-state index contributed by atoms with van der Waals surface area (Å²) in [6, 6.07) is 10.2. The van der Waals surface area contributed by atoms with E-state index in [-0.39, 0.29) is 11.1 Å². The van der Waals surface area contributed by atoms with Crippen LogP contribution >= 0.6 is 11.6 Å².